The van der Waals surface area contributed by atoms with E-state index in [1.54, 1.807) is 6.20 Å². The molecule has 654 valence electrons. The second kappa shape index (κ2) is 32.9. The molecule has 0 saturated heterocycles. The maximum atomic E-state index is 6.36. The van der Waals surface area contributed by atoms with E-state index in [9.17, 15) is 0 Å². The van der Waals surface area contributed by atoms with Crippen LogP contribution in [-0.4, -0.2) is 44.9 Å². The number of aromatic nitrogens is 9. The first-order valence-corrected chi connectivity index (χ1v) is 46.8. The minimum atomic E-state index is -0.256. The Morgan fingerprint density at radius 1 is 0.196 bits per heavy atom. The summed E-state index contributed by atoms with van der Waals surface area (Å²) in [5.74, 6) is 2.13. The molecule has 15 aromatic carbocycles. The highest BCUT2D eigenvalue weighted by molar-refractivity contribution is 6.12. The smallest absolute Gasteiger partial charge is 0.160 e. The first-order valence-electron chi connectivity index (χ1n) is 46.8. The molecule has 12 nitrogen and oxygen atoms in total. The van der Waals surface area contributed by atoms with Crippen LogP contribution in [0.5, 0.6) is 0 Å². The largest absolute Gasteiger partial charge is 0.455 e. The van der Waals surface area contributed by atoms with E-state index in [0.717, 1.165) is 217 Å². The Balaban J connectivity index is 0.000000110. The number of benzene rings is 15. The molecule has 0 radical (unpaired) electrons. The summed E-state index contributed by atoms with van der Waals surface area (Å²) in [6.45, 7) is 13.7. The Labute approximate surface area is 797 Å². The lowest BCUT2D eigenvalue weighted by atomic mass is 9.80. The van der Waals surface area contributed by atoms with Crippen LogP contribution in [0.3, 0.4) is 0 Å². The molecule has 3 aliphatic carbocycles. The number of rotatable bonds is 12. The number of nitrogens with zero attached hydrogens (tertiary/aromatic N) is 9. The molecule has 24 aromatic rings. The summed E-state index contributed by atoms with van der Waals surface area (Å²) in [4.78, 5) is 44.9. The van der Waals surface area contributed by atoms with E-state index in [2.05, 4.69) is 372 Å². The Hall–Kier alpha value is -17.6. The summed E-state index contributed by atoms with van der Waals surface area (Å²) < 4.78 is 19.1. The van der Waals surface area contributed by atoms with Gasteiger partial charge in [-0.3, -0.25) is 15.0 Å². The molecule has 0 saturated carbocycles. The molecule has 0 aliphatic heterocycles. The molecule has 0 spiro atoms. The Morgan fingerprint density at radius 3 is 0.877 bits per heavy atom. The summed E-state index contributed by atoms with van der Waals surface area (Å²) in [7, 11) is 0. The van der Waals surface area contributed by atoms with E-state index < -0.39 is 0 Å². The van der Waals surface area contributed by atoms with E-state index in [1.165, 1.54) is 33.4 Å². The first kappa shape index (κ1) is 82.3. The molecule has 3 aliphatic rings. The van der Waals surface area contributed by atoms with Crippen molar-refractivity contribution in [2.75, 3.05) is 0 Å². The van der Waals surface area contributed by atoms with Gasteiger partial charge in [-0.1, -0.05) is 363 Å². The van der Waals surface area contributed by atoms with Crippen molar-refractivity contribution in [1.82, 2.24) is 44.9 Å². The van der Waals surface area contributed by atoms with Crippen molar-refractivity contribution in [2.45, 2.75) is 57.8 Å². The molecule has 9 aromatic heterocycles. The normalized spacial score (nSPS) is 13.2. The minimum absolute atomic E-state index is 0.253. The molecule has 9 heterocycles. The van der Waals surface area contributed by atoms with Crippen LogP contribution < -0.4 is 0 Å². The minimum Gasteiger partial charge on any atom is -0.455 e. The fourth-order valence-corrected chi connectivity index (χ4v) is 21.3. The molecular weight excluding hydrogens is 1690 g/mol. The van der Waals surface area contributed by atoms with Crippen molar-refractivity contribution >= 4 is 65.8 Å². The lowest BCUT2D eigenvalue weighted by Crippen LogP contribution is -2.17. The van der Waals surface area contributed by atoms with Crippen LogP contribution in [0.2, 0.25) is 0 Å². The standard InChI is InChI=1S/3C42H29N3O/c1-42(2)35-17-5-3-14-34(35)39-37(42)38(44-41(45-39)29-11-7-10-28(24-29)30-12-9-23-43-25-30)27-21-19-26(20-22-27)31-15-8-16-33-32-13-4-6-18-36(32)46-40(31)33;1-42(2)35-15-5-3-12-34(35)39-37(42)38(44-41(45-39)30-10-7-9-29(25-30)26-21-23-43-24-22-26)28-19-17-27(18-20-28)31-13-8-14-33-32-11-4-6-16-36(32)46-40(31)33;1-42(2)34-17-5-3-14-33(34)39-37(42)38(44-41(45-39)29-12-9-11-28(25-29)35-18-7-8-24-43-35)27-22-20-26(21-23-27)30-15-10-16-32-31-13-4-6-19-36(31)46-40(30)32/h3*3-25H,1-2H3. The monoisotopic (exact) mass is 1770 g/mol. The SMILES string of the molecule is CC1(C)c2ccccc2-c2nc(-c3cccc(-c4ccccn4)c3)nc(-c3ccc(-c4cccc5c4oc4ccccc45)cc3)c21.CC1(C)c2ccccc2-c2nc(-c3cccc(-c4cccnc4)c3)nc(-c3ccc(-c4cccc5c4oc4ccccc45)cc3)c21.CC1(C)c2ccccc2-c2nc(-c3cccc(-c4ccncc4)c3)nc(-c3ccc(-c4cccc5c4oc4ccccc45)cc3)c21. The highest BCUT2D eigenvalue weighted by Gasteiger charge is 2.44. The Kier molecular flexibility index (Phi) is 19.6. The molecule has 0 bridgehead atoms. The van der Waals surface area contributed by atoms with Gasteiger partial charge in [0.2, 0.25) is 0 Å². The molecule has 27 rings (SSSR count). The first-order chi connectivity index (χ1) is 67.7. The van der Waals surface area contributed by atoms with Crippen molar-refractivity contribution in [1.29, 1.82) is 0 Å². The molecule has 0 N–H and O–H groups in total. The van der Waals surface area contributed by atoms with Gasteiger partial charge in [-0.05, 0) is 117 Å². The van der Waals surface area contributed by atoms with E-state index >= 15 is 0 Å². The van der Waals surface area contributed by atoms with Crippen LogP contribution in [0.15, 0.2) is 432 Å². The number of pyridine rings is 3. The van der Waals surface area contributed by atoms with Crippen LogP contribution in [-0.2, 0) is 16.2 Å². The van der Waals surface area contributed by atoms with Crippen LogP contribution in [0.25, 0.3) is 234 Å². The van der Waals surface area contributed by atoms with E-state index in [4.69, 9.17) is 43.2 Å². The van der Waals surface area contributed by atoms with Gasteiger partial charge in [0.05, 0.1) is 39.9 Å². The van der Waals surface area contributed by atoms with Gasteiger partial charge >= 0.3 is 0 Å². The van der Waals surface area contributed by atoms with Gasteiger partial charge in [-0.15, -0.1) is 0 Å². The quantitative estimate of drug-likeness (QED) is 0.114. The van der Waals surface area contributed by atoms with Gasteiger partial charge in [-0.25, -0.2) is 29.9 Å². The van der Waals surface area contributed by atoms with Gasteiger partial charge in [0, 0.05) is 174 Å². The number of para-hydroxylation sites is 6. The highest BCUT2D eigenvalue weighted by Crippen LogP contribution is 2.56. The van der Waals surface area contributed by atoms with Crippen molar-refractivity contribution in [3.63, 3.8) is 0 Å². The Bertz CT molecular complexity index is 8140. The predicted molar refractivity (Wildman–Crippen MR) is 559 cm³/mol. The molecule has 12 heteroatoms. The summed E-state index contributed by atoms with van der Waals surface area (Å²) >= 11 is 0. The van der Waals surface area contributed by atoms with Crippen molar-refractivity contribution in [3.8, 4) is 169 Å². The van der Waals surface area contributed by atoms with E-state index in [1.807, 2.05) is 97.6 Å². The molecule has 0 fully saturated rings. The van der Waals surface area contributed by atoms with Crippen molar-refractivity contribution < 1.29 is 13.3 Å². The fourth-order valence-electron chi connectivity index (χ4n) is 21.3. The average molecular weight is 1780 g/mol. The molecule has 0 atom stereocenters. The van der Waals surface area contributed by atoms with Crippen LogP contribution in [0, 0.1) is 0 Å². The highest BCUT2D eigenvalue weighted by atomic mass is 16.3. The third-order valence-electron chi connectivity index (χ3n) is 28.1. The number of hydrogen-bond acceptors (Lipinski definition) is 12. The number of hydrogen-bond donors (Lipinski definition) is 0. The molecule has 0 unspecified atom stereocenters. The van der Waals surface area contributed by atoms with E-state index in [-0.39, 0.29) is 16.2 Å². The molecular formula is C126H87N9O3. The van der Waals surface area contributed by atoms with Crippen LogP contribution >= 0.6 is 0 Å². The van der Waals surface area contributed by atoms with Crippen LogP contribution in [0.1, 0.15) is 74.9 Å². The van der Waals surface area contributed by atoms with Gasteiger partial charge in [0.15, 0.2) is 17.5 Å². The lowest BCUT2D eigenvalue weighted by Gasteiger charge is -2.24. The zero-order valence-electron chi connectivity index (χ0n) is 76.6. The fraction of sp³-hybridized carbons (Fsp3) is 0.0714. The summed E-state index contributed by atoms with van der Waals surface area (Å²) in [5.41, 5.74) is 40.3. The van der Waals surface area contributed by atoms with Crippen molar-refractivity contribution in [2.24, 2.45) is 0 Å². The second-order valence-corrected chi connectivity index (χ2v) is 37.4. The van der Waals surface area contributed by atoms with Gasteiger partial charge in [0.1, 0.15) is 33.5 Å². The third-order valence-corrected chi connectivity index (χ3v) is 28.1. The van der Waals surface area contributed by atoms with Gasteiger partial charge in [0.25, 0.3) is 0 Å². The second-order valence-electron chi connectivity index (χ2n) is 37.4. The third kappa shape index (κ3) is 13.9. The maximum absolute atomic E-state index is 6.36. The zero-order chi connectivity index (χ0) is 92.5. The molecule has 0 amide bonds. The molecule has 138 heavy (non-hydrogen) atoms. The van der Waals surface area contributed by atoms with Crippen molar-refractivity contribution in [3.05, 3.63) is 453 Å². The Morgan fingerprint density at radius 2 is 0.500 bits per heavy atom. The summed E-state index contributed by atoms with van der Waals surface area (Å²) in [6, 6.07) is 135. The van der Waals surface area contributed by atoms with E-state index in [0.29, 0.717) is 17.5 Å². The number of furan rings is 3. The van der Waals surface area contributed by atoms with Gasteiger partial charge in [-0.2, -0.15) is 0 Å². The zero-order valence-corrected chi connectivity index (χ0v) is 76.6. The lowest BCUT2D eigenvalue weighted by molar-refractivity contribution is 0.657. The summed E-state index contributed by atoms with van der Waals surface area (Å²) in [5, 5.41) is 6.79. The van der Waals surface area contributed by atoms with Gasteiger partial charge < -0.3 is 13.3 Å². The topological polar surface area (TPSA) is 155 Å². The summed E-state index contributed by atoms with van der Waals surface area (Å²) in [6.07, 6.45) is 9.15. The maximum Gasteiger partial charge on any atom is 0.160 e. The van der Waals surface area contributed by atoms with Crippen LogP contribution in [0.4, 0.5) is 0 Å². The number of fused-ring (bicyclic) bond motifs is 18. The average Bonchev–Trinajstić information content (AvgIpc) is 1.56. The predicted octanol–water partition coefficient (Wildman–Crippen LogP) is 32.2.